The summed E-state index contributed by atoms with van der Waals surface area (Å²) in [5.41, 5.74) is 9.51. The van der Waals surface area contributed by atoms with Gasteiger partial charge in [0.15, 0.2) is 0 Å². The van der Waals surface area contributed by atoms with Gasteiger partial charge >= 0.3 is 0 Å². The van der Waals surface area contributed by atoms with E-state index in [1.165, 1.54) is 0 Å². The van der Waals surface area contributed by atoms with Gasteiger partial charge in [-0.2, -0.15) is 0 Å². The maximum atomic E-state index is 5.87. The van der Waals surface area contributed by atoms with E-state index in [1.807, 2.05) is 19.9 Å². The molecule has 74 valence electrons. The molecule has 0 aliphatic carbocycles. The molecular weight excluding hydrogens is 176 g/mol. The van der Waals surface area contributed by atoms with Crippen molar-refractivity contribution in [1.82, 2.24) is 16.1 Å². The van der Waals surface area contributed by atoms with Crippen LogP contribution in [0.2, 0.25) is 0 Å². The average molecular weight is 190 g/mol. The SMILES string of the molecule is Cc1nc2cnccc2c(C)c1N.N. The van der Waals surface area contributed by atoms with E-state index in [4.69, 9.17) is 5.73 Å². The molecule has 2 rings (SSSR count). The molecule has 4 nitrogen and oxygen atoms in total. The summed E-state index contributed by atoms with van der Waals surface area (Å²) in [7, 11) is 0. The van der Waals surface area contributed by atoms with Gasteiger partial charge in [-0.3, -0.25) is 4.98 Å². The molecule has 2 heterocycles. The normalized spacial score (nSPS) is 9.86. The van der Waals surface area contributed by atoms with Gasteiger partial charge < -0.3 is 11.9 Å². The van der Waals surface area contributed by atoms with Gasteiger partial charge in [0.05, 0.1) is 23.1 Å². The van der Waals surface area contributed by atoms with Crippen LogP contribution in [0.15, 0.2) is 18.5 Å². The van der Waals surface area contributed by atoms with Crippen molar-refractivity contribution < 1.29 is 0 Å². The van der Waals surface area contributed by atoms with Crippen molar-refractivity contribution >= 4 is 16.6 Å². The van der Waals surface area contributed by atoms with E-state index in [-0.39, 0.29) is 6.15 Å². The number of aromatic nitrogens is 2. The number of nitrogen functional groups attached to an aromatic ring is 1. The van der Waals surface area contributed by atoms with E-state index < -0.39 is 0 Å². The number of hydrogen-bond acceptors (Lipinski definition) is 4. The van der Waals surface area contributed by atoms with Crippen LogP contribution >= 0.6 is 0 Å². The Morgan fingerprint density at radius 2 is 2.00 bits per heavy atom. The van der Waals surface area contributed by atoms with E-state index in [2.05, 4.69) is 9.97 Å². The number of pyridine rings is 2. The molecule has 5 N–H and O–H groups in total. The number of anilines is 1. The largest absolute Gasteiger partial charge is 0.397 e. The van der Waals surface area contributed by atoms with Crippen molar-refractivity contribution in [3.63, 3.8) is 0 Å². The van der Waals surface area contributed by atoms with Gasteiger partial charge in [-0.05, 0) is 25.5 Å². The van der Waals surface area contributed by atoms with Gasteiger partial charge in [0, 0.05) is 11.6 Å². The van der Waals surface area contributed by atoms with Crippen LogP contribution in [0.1, 0.15) is 11.3 Å². The number of rotatable bonds is 0. The van der Waals surface area contributed by atoms with Crippen LogP contribution in [0.4, 0.5) is 5.69 Å². The van der Waals surface area contributed by atoms with Crippen molar-refractivity contribution in [3.8, 4) is 0 Å². The molecule has 0 fully saturated rings. The molecule has 0 radical (unpaired) electrons. The average Bonchev–Trinajstić information content (AvgIpc) is 2.15. The Kier molecular flexibility index (Phi) is 2.67. The van der Waals surface area contributed by atoms with Gasteiger partial charge in [0.1, 0.15) is 0 Å². The van der Waals surface area contributed by atoms with Gasteiger partial charge in [0.25, 0.3) is 0 Å². The predicted octanol–water partition coefficient (Wildman–Crippen LogP) is 1.99. The highest BCUT2D eigenvalue weighted by molar-refractivity contribution is 5.85. The summed E-state index contributed by atoms with van der Waals surface area (Å²) in [6.07, 6.45) is 3.51. The summed E-state index contributed by atoms with van der Waals surface area (Å²) in [6.45, 7) is 3.92. The minimum atomic E-state index is 0. The Bertz CT molecular complexity index is 465. The maximum absolute atomic E-state index is 5.87. The molecule has 14 heavy (non-hydrogen) atoms. The van der Waals surface area contributed by atoms with Crippen LogP contribution in [0.25, 0.3) is 10.9 Å². The third-order valence-electron chi connectivity index (χ3n) is 2.29. The molecule has 4 heteroatoms. The zero-order valence-electron chi connectivity index (χ0n) is 8.41. The van der Waals surface area contributed by atoms with E-state index in [0.717, 1.165) is 27.8 Å². The third kappa shape index (κ3) is 1.40. The highest BCUT2D eigenvalue weighted by atomic mass is 14.8. The summed E-state index contributed by atoms with van der Waals surface area (Å²) in [4.78, 5) is 8.37. The number of hydrogen-bond donors (Lipinski definition) is 2. The Balaban J connectivity index is 0.000000980. The summed E-state index contributed by atoms with van der Waals surface area (Å²) >= 11 is 0. The van der Waals surface area contributed by atoms with Crippen molar-refractivity contribution in [1.29, 1.82) is 0 Å². The zero-order valence-corrected chi connectivity index (χ0v) is 8.41. The number of nitrogens with two attached hydrogens (primary N) is 1. The minimum absolute atomic E-state index is 0. The van der Waals surface area contributed by atoms with Gasteiger partial charge in [-0.15, -0.1) is 0 Å². The highest BCUT2D eigenvalue weighted by Gasteiger charge is 2.04. The van der Waals surface area contributed by atoms with E-state index in [0.29, 0.717) is 0 Å². The van der Waals surface area contributed by atoms with Crippen LogP contribution in [0, 0.1) is 13.8 Å². The molecule has 0 aliphatic heterocycles. The van der Waals surface area contributed by atoms with E-state index >= 15 is 0 Å². The molecule has 2 aromatic heterocycles. The summed E-state index contributed by atoms with van der Waals surface area (Å²) in [6, 6.07) is 1.94. The Morgan fingerprint density at radius 1 is 1.29 bits per heavy atom. The fraction of sp³-hybridized carbons (Fsp3) is 0.200. The fourth-order valence-corrected chi connectivity index (χ4v) is 1.45. The lowest BCUT2D eigenvalue weighted by atomic mass is 10.1. The Labute approximate surface area is 82.8 Å². The summed E-state index contributed by atoms with van der Waals surface area (Å²) in [5, 5.41) is 1.08. The molecule has 0 unspecified atom stereocenters. The number of fused-ring (bicyclic) bond motifs is 1. The molecule has 0 aliphatic rings. The van der Waals surface area contributed by atoms with E-state index in [1.54, 1.807) is 12.4 Å². The third-order valence-corrected chi connectivity index (χ3v) is 2.29. The van der Waals surface area contributed by atoms with Crippen LogP contribution in [-0.2, 0) is 0 Å². The number of aryl methyl sites for hydroxylation is 2. The first kappa shape index (κ1) is 10.4. The first-order valence-electron chi connectivity index (χ1n) is 4.16. The molecule has 0 saturated heterocycles. The highest BCUT2D eigenvalue weighted by Crippen LogP contribution is 2.22. The van der Waals surface area contributed by atoms with Crippen LogP contribution in [-0.4, -0.2) is 9.97 Å². The monoisotopic (exact) mass is 190 g/mol. The second-order valence-electron chi connectivity index (χ2n) is 3.13. The molecular formula is C10H14N4. The molecule has 0 aromatic carbocycles. The lowest BCUT2D eigenvalue weighted by Crippen LogP contribution is -1.97. The fourth-order valence-electron chi connectivity index (χ4n) is 1.45. The van der Waals surface area contributed by atoms with Gasteiger partial charge in [-0.25, -0.2) is 4.98 Å². The van der Waals surface area contributed by atoms with Crippen molar-refractivity contribution in [2.45, 2.75) is 13.8 Å². The Hall–Kier alpha value is -1.68. The predicted molar refractivity (Wildman–Crippen MR) is 58.4 cm³/mol. The lowest BCUT2D eigenvalue weighted by molar-refractivity contribution is 1.22. The molecule has 2 aromatic rings. The Morgan fingerprint density at radius 3 is 2.71 bits per heavy atom. The van der Waals surface area contributed by atoms with Gasteiger partial charge in [0.2, 0.25) is 0 Å². The van der Waals surface area contributed by atoms with E-state index in [9.17, 15) is 0 Å². The van der Waals surface area contributed by atoms with Crippen LogP contribution in [0.5, 0.6) is 0 Å². The molecule has 0 spiro atoms. The summed E-state index contributed by atoms with van der Waals surface area (Å²) in [5.74, 6) is 0. The van der Waals surface area contributed by atoms with Crippen molar-refractivity contribution in [2.75, 3.05) is 5.73 Å². The first-order valence-corrected chi connectivity index (χ1v) is 4.16. The molecule has 0 bridgehead atoms. The maximum Gasteiger partial charge on any atom is 0.0892 e. The quantitative estimate of drug-likeness (QED) is 0.665. The molecule has 0 amide bonds. The number of nitrogens with zero attached hydrogens (tertiary/aromatic N) is 2. The minimum Gasteiger partial charge on any atom is -0.397 e. The van der Waals surface area contributed by atoms with Crippen LogP contribution in [0.3, 0.4) is 0 Å². The zero-order chi connectivity index (χ0) is 9.42. The van der Waals surface area contributed by atoms with Crippen LogP contribution < -0.4 is 11.9 Å². The first-order chi connectivity index (χ1) is 6.20. The van der Waals surface area contributed by atoms with Gasteiger partial charge in [-0.1, -0.05) is 0 Å². The molecule has 0 saturated carbocycles. The van der Waals surface area contributed by atoms with Crippen molar-refractivity contribution in [2.24, 2.45) is 0 Å². The van der Waals surface area contributed by atoms with Crippen molar-refractivity contribution in [3.05, 3.63) is 29.7 Å². The smallest absolute Gasteiger partial charge is 0.0892 e. The summed E-state index contributed by atoms with van der Waals surface area (Å²) < 4.78 is 0. The topological polar surface area (TPSA) is 86.8 Å². The standard InChI is InChI=1S/C10H11N3.H3N/c1-6-8-3-4-12-5-9(8)13-7(2)10(6)11;/h3-5H,11H2,1-2H3;1H3. The second kappa shape index (κ2) is 3.59. The molecule has 0 atom stereocenters. The lowest BCUT2D eigenvalue weighted by Gasteiger charge is -2.06. The second-order valence-corrected chi connectivity index (χ2v) is 3.13.